The fourth-order valence-electron chi connectivity index (χ4n) is 3.84. The van der Waals surface area contributed by atoms with Crippen molar-refractivity contribution in [3.63, 3.8) is 0 Å². The summed E-state index contributed by atoms with van der Waals surface area (Å²) in [6.45, 7) is 5.39. The number of nitrogens with zero attached hydrogens (tertiary/aromatic N) is 1. The van der Waals surface area contributed by atoms with Crippen molar-refractivity contribution >= 4 is 5.69 Å². The first kappa shape index (κ1) is 13.0. The van der Waals surface area contributed by atoms with E-state index >= 15 is 0 Å². The number of rotatable bonds is 3. The highest BCUT2D eigenvalue weighted by atomic mass is 15.2. The first-order valence-corrected chi connectivity index (χ1v) is 7.77. The lowest BCUT2D eigenvalue weighted by atomic mass is 9.88. The van der Waals surface area contributed by atoms with Gasteiger partial charge in [-0.1, -0.05) is 12.8 Å². The summed E-state index contributed by atoms with van der Waals surface area (Å²) in [5.74, 6) is 0.786. The normalized spacial score (nSPS) is 31.6. The second kappa shape index (κ2) is 5.53. The minimum Gasteiger partial charge on any atom is -0.379 e. The fourth-order valence-corrected chi connectivity index (χ4v) is 3.84. The predicted molar refractivity (Wildman–Crippen MR) is 78.5 cm³/mol. The number of hydrogen-bond acceptors (Lipinski definition) is 3. The molecule has 4 heteroatoms. The highest BCUT2D eigenvalue weighted by Gasteiger charge is 2.34. The van der Waals surface area contributed by atoms with Gasteiger partial charge in [0.2, 0.25) is 0 Å². The Balaban J connectivity index is 1.69. The Morgan fingerprint density at radius 3 is 2.68 bits per heavy atom. The number of hydrogen-bond donors (Lipinski definition) is 3. The van der Waals surface area contributed by atoms with Crippen molar-refractivity contribution in [3.05, 3.63) is 11.4 Å². The van der Waals surface area contributed by atoms with Gasteiger partial charge in [-0.2, -0.15) is 5.10 Å². The number of nitrogens with one attached hydrogen (secondary N) is 3. The van der Waals surface area contributed by atoms with Gasteiger partial charge in [-0.15, -0.1) is 0 Å². The number of aromatic amines is 1. The molecule has 0 spiro atoms. The first-order valence-electron chi connectivity index (χ1n) is 7.77. The SMILES string of the molecule is Cc1n[nH]c(C)c1NC1CCCC1C1CCCCN1. The molecule has 2 aliphatic rings. The van der Waals surface area contributed by atoms with Crippen molar-refractivity contribution in [2.24, 2.45) is 5.92 Å². The van der Waals surface area contributed by atoms with Crippen LogP contribution in [0.4, 0.5) is 5.69 Å². The summed E-state index contributed by atoms with van der Waals surface area (Å²) in [6.07, 6.45) is 8.12. The Labute approximate surface area is 115 Å². The van der Waals surface area contributed by atoms with Crippen LogP contribution in [0.2, 0.25) is 0 Å². The van der Waals surface area contributed by atoms with Gasteiger partial charge in [0.05, 0.1) is 17.1 Å². The molecule has 3 atom stereocenters. The van der Waals surface area contributed by atoms with Gasteiger partial charge in [0, 0.05) is 12.1 Å². The van der Waals surface area contributed by atoms with Gasteiger partial charge < -0.3 is 10.6 Å². The zero-order chi connectivity index (χ0) is 13.2. The molecule has 2 fully saturated rings. The van der Waals surface area contributed by atoms with Crippen molar-refractivity contribution in [1.82, 2.24) is 15.5 Å². The first-order chi connectivity index (χ1) is 9.25. The summed E-state index contributed by atoms with van der Waals surface area (Å²) < 4.78 is 0. The number of piperidine rings is 1. The quantitative estimate of drug-likeness (QED) is 0.785. The Morgan fingerprint density at radius 1 is 1.11 bits per heavy atom. The molecule has 2 heterocycles. The maximum Gasteiger partial charge on any atom is 0.0825 e. The van der Waals surface area contributed by atoms with Gasteiger partial charge in [-0.25, -0.2) is 0 Å². The third kappa shape index (κ3) is 2.64. The van der Waals surface area contributed by atoms with E-state index < -0.39 is 0 Å². The van der Waals surface area contributed by atoms with Crippen LogP contribution >= 0.6 is 0 Å². The predicted octanol–water partition coefficient (Wildman–Crippen LogP) is 2.75. The number of aromatic nitrogens is 2. The second-order valence-electron chi connectivity index (χ2n) is 6.21. The number of anilines is 1. The molecule has 0 amide bonds. The van der Waals surface area contributed by atoms with Crippen molar-refractivity contribution in [2.45, 2.75) is 64.5 Å². The van der Waals surface area contributed by atoms with Crippen molar-refractivity contribution in [3.8, 4) is 0 Å². The Kier molecular flexibility index (Phi) is 3.78. The van der Waals surface area contributed by atoms with Gasteiger partial charge in [-0.3, -0.25) is 5.10 Å². The van der Waals surface area contributed by atoms with Crippen molar-refractivity contribution < 1.29 is 0 Å². The van der Waals surface area contributed by atoms with E-state index in [4.69, 9.17) is 0 Å². The van der Waals surface area contributed by atoms with Crippen LogP contribution in [0, 0.1) is 19.8 Å². The molecule has 0 aromatic carbocycles. The Hall–Kier alpha value is -1.03. The summed E-state index contributed by atoms with van der Waals surface area (Å²) in [4.78, 5) is 0. The third-order valence-corrected chi connectivity index (χ3v) is 4.89. The molecule has 1 aromatic heterocycles. The molecule has 1 aliphatic heterocycles. The molecule has 0 bridgehead atoms. The molecule has 0 radical (unpaired) electrons. The summed E-state index contributed by atoms with van der Waals surface area (Å²) in [5, 5.41) is 14.9. The second-order valence-corrected chi connectivity index (χ2v) is 6.21. The lowest BCUT2D eigenvalue weighted by molar-refractivity contribution is 0.286. The summed E-state index contributed by atoms with van der Waals surface area (Å²) >= 11 is 0. The third-order valence-electron chi connectivity index (χ3n) is 4.89. The topological polar surface area (TPSA) is 52.7 Å². The molecule has 1 aliphatic carbocycles. The highest BCUT2D eigenvalue weighted by molar-refractivity contribution is 5.52. The van der Waals surface area contributed by atoms with Crippen LogP contribution < -0.4 is 10.6 Å². The van der Waals surface area contributed by atoms with E-state index in [1.54, 1.807) is 0 Å². The van der Waals surface area contributed by atoms with Gasteiger partial charge in [0.25, 0.3) is 0 Å². The van der Waals surface area contributed by atoms with E-state index in [-0.39, 0.29) is 0 Å². The minimum atomic E-state index is 0.616. The molecule has 1 aromatic rings. The van der Waals surface area contributed by atoms with Crippen molar-refractivity contribution in [2.75, 3.05) is 11.9 Å². The molecule has 19 heavy (non-hydrogen) atoms. The lowest BCUT2D eigenvalue weighted by Crippen LogP contribution is -2.44. The smallest absolute Gasteiger partial charge is 0.0825 e. The van der Waals surface area contributed by atoms with Crippen LogP contribution in [0.15, 0.2) is 0 Å². The molecule has 3 N–H and O–H groups in total. The molecule has 1 saturated carbocycles. The standard InChI is InChI=1S/C15H26N4/c1-10-15(11(2)19-18-10)17-14-8-5-6-12(14)13-7-3-4-9-16-13/h12-14,16-17H,3-9H2,1-2H3,(H,18,19). The highest BCUT2D eigenvalue weighted by Crippen LogP contribution is 2.34. The van der Waals surface area contributed by atoms with Crippen LogP contribution in [0.25, 0.3) is 0 Å². The maximum atomic E-state index is 4.29. The van der Waals surface area contributed by atoms with E-state index in [9.17, 15) is 0 Å². The Bertz CT molecular complexity index is 400. The molecule has 3 unspecified atom stereocenters. The minimum absolute atomic E-state index is 0.616. The Morgan fingerprint density at radius 2 is 2.00 bits per heavy atom. The number of H-pyrrole nitrogens is 1. The van der Waals surface area contributed by atoms with Crippen LogP contribution in [0.3, 0.4) is 0 Å². The van der Waals surface area contributed by atoms with Gasteiger partial charge in [0.1, 0.15) is 0 Å². The largest absolute Gasteiger partial charge is 0.379 e. The maximum absolute atomic E-state index is 4.29. The zero-order valence-corrected chi connectivity index (χ0v) is 12.1. The van der Waals surface area contributed by atoms with Crippen LogP contribution in [-0.4, -0.2) is 28.8 Å². The van der Waals surface area contributed by atoms with E-state index in [1.807, 2.05) is 0 Å². The van der Waals surface area contributed by atoms with Gasteiger partial charge >= 0.3 is 0 Å². The summed E-state index contributed by atoms with van der Waals surface area (Å²) in [7, 11) is 0. The van der Waals surface area contributed by atoms with Crippen molar-refractivity contribution in [1.29, 1.82) is 0 Å². The van der Waals surface area contributed by atoms with Crippen LogP contribution in [0.5, 0.6) is 0 Å². The zero-order valence-electron chi connectivity index (χ0n) is 12.1. The van der Waals surface area contributed by atoms with Gasteiger partial charge in [0.15, 0.2) is 0 Å². The fraction of sp³-hybridized carbons (Fsp3) is 0.800. The average molecular weight is 262 g/mol. The molecular formula is C15H26N4. The summed E-state index contributed by atoms with van der Waals surface area (Å²) in [5.41, 5.74) is 3.49. The molecule has 3 rings (SSSR count). The summed E-state index contributed by atoms with van der Waals surface area (Å²) in [6, 6.07) is 1.34. The molecule has 106 valence electrons. The van der Waals surface area contributed by atoms with E-state index in [0.717, 1.165) is 17.7 Å². The number of aryl methyl sites for hydroxylation is 2. The molecule has 4 nitrogen and oxygen atoms in total. The molecule has 1 saturated heterocycles. The lowest BCUT2D eigenvalue weighted by Gasteiger charge is -2.33. The average Bonchev–Trinajstić information content (AvgIpc) is 3.02. The van der Waals surface area contributed by atoms with Gasteiger partial charge in [-0.05, 0) is 52.0 Å². The van der Waals surface area contributed by atoms with E-state index in [0.29, 0.717) is 6.04 Å². The van der Waals surface area contributed by atoms with E-state index in [1.165, 1.54) is 56.5 Å². The monoisotopic (exact) mass is 262 g/mol. The van der Waals surface area contributed by atoms with Crippen LogP contribution in [0.1, 0.15) is 49.9 Å². The van der Waals surface area contributed by atoms with E-state index in [2.05, 4.69) is 34.7 Å². The van der Waals surface area contributed by atoms with Crippen LogP contribution in [-0.2, 0) is 0 Å². The molecular weight excluding hydrogens is 236 g/mol.